The van der Waals surface area contributed by atoms with Crippen LogP contribution in [0.1, 0.15) is 19.0 Å². The lowest BCUT2D eigenvalue weighted by atomic mass is 10.3. The van der Waals surface area contributed by atoms with Gasteiger partial charge in [0.15, 0.2) is 5.96 Å². The predicted molar refractivity (Wildman–Crippen MR) is 119 cm³/mol. The van der Waals surface area contributed by atoms with Crippen molar-refractivity contribution in [2.45, 2.75) is 19.9 Å². The van der Waals surface area contributed by atoms with E-state index in [-0.39, 0.29) is 36.4 Å². The number of hydrogen-bond acceptors (Lipinski definition) is 6. The molecule has 1 aromatic heterocycles. The number of aromatic nitrogens is 1. The van der Waals surface area contributed by atoms with Gasteiger partial charge < -0.3 is 24.4 Å². The van der Waals surface area contributed by atoms with Crippen LogP contribution in [0.15, 0.2) is 21.8 Å². The second-order valence-corrected chi connectivity index (χ2v) is 6.66. The van der Waals surface area contributed by atoms with Gasteiger partial charge in [-0.3, -0.25) is 9.69 Å². The van der Waals surface area contributed by atoms with E-state index in [1.165, 1.54) is 0 Å². The van der Waals surface area contributed by atoms with Crippen molar-refractivity contribution in [1.29, 1.82) is 0 Å². The van der Waals surface area contributed by atoms with E-state index >= 15 is 0 Å². The third kappa shape index (κ3) is 8.74. The number of hydrogen-bond donors (Lipinski definition) is 1. The van der Waals surface area contributed by atoms with Gasteiger partial charge in [0, 0.05) is 72.6 Å². The molecule has 2 heterocycles. The van der Waals surface area contributed by atoms with E-state index in [0.717, 1.165) is 70.6 Å². The number of ether oxygens (including phenoxy) is 1. The average molecular weight is 508 g/mol. The van der Waals surface area contributed by atoms with Gasteiger partial charge in [-0.15, -0.1) is 24.0 Å². The number of carbonyl (C=O) groups excluding carboxylic acids is 1. The first kappa shape index (κ1) is 24.6. The number of guanidine groups is 1. The molecule has 0 unspecified atom stereocenters. The number of amides is 1. The summed E-state index contributed by atoms with van der Waals surface area (Å²) in [7, 11) is 3.49. The number of nitrogens with one attached hydrogen (secondary N) is 1. The molecule has 1 aliphatic heterocycles. The predicted octanol–water partition coefficient (Wildman–Crippen LogP) is 0.871. The van der Waals surface area contributed by atoms with Crippen LogP contribution in [0.3, 0.4) is 0 Å². The molecular weight excluding hydrogens is 475 g/mol. The minimum Gasteiger partial charge on any atom is -0.382 e. The number of piperazine rings is 1. The van der Waals surface area contributed by atoms with Crippen LogP contribution < -0.4 is 5.32 Å². The van der Waals surface area contributed by atoms with Gasteiger partial charge in [-0.25, -0.2) is 4.99 Å². The molecule has 0 saturated carbocycles. The Morgan fingerprint density at radius 1 is 1.36 bits per heavy atom. The molecule has 0 aromatic carbocycles. The normalized spacial score (nSPS) is 15.2. The van der Waals surface area contributed by atoms with Crippen LogP contribution in [0.5, 0.6) is 0 Å². The van der Waals surface area contributed by atoms with Gasteiger partial charge in [0.2, 0.25) is 5.91 Å². The van der Waals surface area contributed by atoms with Crippen LogP contribution in [0.4, 0.5) is 0 Å². The zero-order chi connectivity index (χ0) is 19.5. The van der Waals surface area contributed by atoms with Crippen LogP contribution in [0, 0.1) is 0 Å². The van der Waals surface area contributed by atoms with E-state index < -0.39 is 0 Å². The largest absolute Gasteiger partial charge is 0.382 e. The molecule has 28 heavy (non-hydrogen) atoms. The average Bonchev–Trinajstić information content (AvgIpc) is 3.17. The molecule has 160 valence electrons. The summed E-state index contributed by atoms with van der Waals surface area (Å²) < 4.78 is 10.3. The summed E-state index contributed by atoms with van der Waals surface area (Å²) in [5, 5.41) is 7.36. The fraction of sp³-hybridized carbons (Fsp3) is 0.722. The van der Waals surface area contributed by atoms with E-state index in [9.17, 15) is 4.79 Å². The quantitative estimate of drug-likeness (QED) is 0.229. The Morgan fingerprint density at radius 3 is 2.71 bits per heavy atom. The van der Waals surface area contributed by atoms with Gasteiger partial charge in [0.05, 0.1) is 5.69 Å². The molecule has 0 bridgehead atoms. The van der Waals surface area contributed by atoms with Gasteiger partial charge >= 0.3 is 0 Å². The van der Waals surface area contributed by atoms with Crippen molar-refractivity contribution >= 4 is 35.8 Å². The van der Waals surface area contributed by atoms with E-state index in [1.807, 2.05) is 13.0 Å². The fourth-order valence-electron chi connectivity index (χ4n) is 2.74. The molecule has 1 aliphatic rings. The highest BCUT2D eigenvalue weighted by atomic mass is 127. The number of rotatable bonds is 9. The van der Waals surface area contributed by atoms with Crippen LogP contribution >= 0.6 is 24.0 Å². The Hall–Kier alpha value is -1.40. The van der Waals surface area contributed by atoms with Crippen LogP contribution in [0.25, 0.3) is 0 Å². The molecule has 2 rings (SSSR count). The molecular formula is C18H33IN6O3. The van der Waals surface area contributed by atoms with Crippen molar-refractivity contribution < 1.29 is 14.1 Å². The van der Waals surface area contributed by atoms with Gasteiger partial charge in [-0.05, 0) is 13.3 Å². The fourth-order valence-corrected chi connectivity index (χ4v) is 2.74. The zero-order valence-corrected chi connectivity index (χ0v) is 19.4. The number of carbonyl (C=O) groups is 1. The number of aliphatic imine (C=N–C) groups is 1. The molecule has 1 amide bonds. The van der Waals surface area contributed by atoms with Crippen LogP contribution in [-0.4, -0.2) is 98.3 Å². The van der Waals surface area contributed by atoms with Gasteiger partial charge in [-0.1, -0.05) is 5.16 Å². The van der Waals surface area contributed by atoms with Crippen LogP contribution in [0.2, 0.25) is 0 Å². The minimum atomic E-state index is -0.00622. The molecule has 0 spiro atoms. The van der Waals surface area contributed by atoms with E-state index in [4.69, 9.17) is 9.26 Å². The summed E-state index contributed by atoms with van der Waals surface area (Å²) in [4.78, 5) is 22.6. The summed E-state index contributed by atoms with van der Waals surface area (Å²) in [5.41, 5.74) is 0.947. The smallest absolute Gasteiger partial charge is 0.243 e. The zero-order valence-electron chi connectivity index (χ0n) is 17.1. The Balaban J connectivity index is 0.00000392. The topological polar surface area (TPSA) is 86.4 Å². The molecule has 1 fully saturated rings. The Morgan fingerprint density at radius 2 is 2.11 bits per heavy atom. The Kier molecular flexibility index (Phi) is 12.1. The molecule has 10 heteroatoms. The summed E-state index contributed by atoms with van der Waals surface area (Å²) >= 11 is 0. The summed E-state index contributed by atoms with van der Waals surface area (Å²) in [6.45, 7) is 8.68. The van der Waals surface area contributed by atoms with Crippen molar-refractivity contribution in [1.82, 2.24) is 25.2 Å². The van der Waals surface area contributed by atoms with E-state index in [1.54, 1.807) is 25.3 Å². The van der Waals surface area contributed by atoms with Crippen molar-refractivity contribution in [3.63, 3.8) is 0 Å². The highest BCUT2D eigenvalue weighted by molar-refractivity contribution is 14.0. The molecule has 1 aromatic rings. The SMILES string of the molecule is CCOCCCNC(=NCC(=O)N(C)C)N1CCN(Cc2ccon2)CC1.I. The third-order valence-corrected chi connectivity index (χ3v) is 4.36. The Labute approximate surface area is 184 Å². The van der Waals surface area contributed by atoms with Crippen molar-refractivity contribution in [2.75, 3.05) is 66.6 Å². The maximum Gasteiger partial charge on any atom is 0.243 e. The number of nitrogens with zero attached hydrogens (tertiary/aromatic N) is 5. The molecule has 1 saturated heterocycles. The highest BCUT2D eigenvalue weighted by Gasteiger charge is 2.20. The first-order valence-electron chi connectivity index (χ1n) is 9.53. The van der Waals surface area contributed by atoms with Crippen molar-refractivity contribution in [2.24, 2.45) is 4.99 Å². The first-order chi connectivity index (χ1) is 13.1. The van der Waals surface area contributed by atoms with Crippen LogP contribution in [-0.2, 0) is 16.1 Å². The Bertz CT molecular complexity index is 574. The molecule has 9 nitrogen and oxygen atoms in total. The van der Waals surface area contributed by atoms with E-state index in [0.29, 0.717) is 0 Å². The lowest BCUT2D eigenvalue weighted by Crippen LogP contribution is -2.52. The maximum absolute atomic E-state index is 11.9. The third-order valence-electron chi connectivity index (χ3n) is 4.36. The number of halogens is 1. The van der Waals surface area contributed by atoms with Gasteiger partial charge in [0.1, 0.15) is 12.8 Å². The second kappa shape index (κ2) is 13.7. The van der Waals surface area contributed by atoms with Gasteiger partial charge in [0.25, 0.3) is 0 Å². The maximum atomic E-state index is 11.9. The highest BCUT2D eigenvalue weighted by Crippen LogP contribution is 2.07. The van der Waals surface area contributed by atoms with Crippen molar-refractivity contribution in [3.05, 3.63) is 18.0 Å². The monoisotopic (exact) mass is 508 g/mol. The standard InChI is InChI=1S/C18H32N6O3.HI/c1-4-26-12-5-7-19-18(20-14-17(25)22(2)3)24-10-8-23(9-11-24)15-16-6-13-27-21-16;/h6,13H,4-5,7-12,14-15H2,1-3H3,(H,19,20);1H. The van der Waals surface area contributed by atoms with Crippen molar-refractivity contribution in [3.8, 4) is 0 Å². The minimum absolute atomic E-state index is 0. The summed E-state index contributed by atoms with van der Waals surface area (Å²) in [6, 6.07) is 1.89. The van der Waals surface area contributed by atoms with Gasteiger partial charge in [-0.2, -0.15) is 0 Å². The lowest BCUT2D eigenvalue weighted by Gasteiger charge is -2.36. The number of likely N-dealkylation sites (N-methyl/N-ethyl adjacent to an activating group) is 1. The summed E-state index contributed by atoms with van der Waals surface area (Å²) in [5.74, 6) is 0.788. The molecule has 1 N–H and O–H groups in total. The van der Waals surface area contributed by atoms with E-state index in [2.05, 4.69) is 25.3 Å². The summed E-state index contributed by atoms with van der Waals surface area (Å²) in [6.07, 6.45) is 2.50. The lowest BCUT2D eigenvalue weighted by molar-refractivity contribution is -0.127. The molecule has 0 atom stereocenters. The first-order valence-corrected chi connectivity index (χ1v) is 9.53. The molecule has 0 radical (unpaired) electrons. The molecule has 0 aliphatic carbocycles. The second-order valence-electron chi connectivity index (χ2n) is 6.66.